The van der Waals surface area contributed by atoms with Crippen molar-refractivity contribution in [2.75, 3.05) is 16.4 Å². The van der Waals surface area contributed by atoms with E-state index in [4.69, 9.17) is 4.99 Å². The number of benzene rings is 2. The van der Waals surface area contributed by atoms with E-state index in [1.807, 2.05) is 41.3 Å². The van der Waals surface area contributed by atoms with Crippen molar-refractivity contribution in [1.82, 2.24) is 0 Å². The molecule has 2 aromatic carbocycles. The quantitative estimate of drug-likeness (QED) is 0.738. The second-order valence-corrected chi connectivity index (χ2v) is 9.97. The molecule has 5 nitrogen and oxygen atoms in total. The number of fused-ring (bicyclic) bond motifs is 1. The fraction of sp³-hybridized carbons (Fsp3) is 0.300. The number of ketones is 1. The van der Waals surface area contributed by atoms with Crippen LogP contribution < -0.4 is 4.90 Å². The largest absolute Gasteiger partial charge is 0.315 e. The third kappa shape index (κ3) is 3.80. The second kappa shape index (κ2) is 7.13. The van der Waals surface area contributed by atoms with Crippen LogP contribution in [0.5, 0.6) is 0 Å². The van der Waals surface area contributed by atoms with E-state index in [0.29, 0.717) is 5.56 Å². The van der Waals surface area contributed by atoms with E-state index in [1.165, 1.54) is 12.5 Å². The minimum absolute atomic E-state index is 0.0120. The molecule has 2 aliphatic heterocycles. The van der Waals surface area contributed by atoms with Crippen LogP contribution in [0.1, 0.15) is 22.8 Å². The Morgan fingerprint density at radius 3 is 2.67 bits per heavy atom. The molecular formula is C20H20N2O3S2. The number of carbonyl (C=O) groups excluding carboxylic acids is 1. The average molecular weight is 401 g/mol. The highest BCUT2D eigenvalue weighted by Crippen LogP contribution is 2.36. The lowest BCUT2D eigenvalue weighted by molar-refractivity contribution is 0.101. The zero-order valence-corrected chi connectivity index (χ0v) is 16.5. The lowest BCUT2D eigenvalue weighted by atomic mass is 10.1. The predicted molar refractivity (Wildman–Crippen MR) is 110 cm³/mol. The number of nitrogens with zero attached hydrogens (tertiary/aromatic N) is 2. The Morgan fingerprint density at radius 2 is 1.93 bits per heavy atom. The highest BCUT2D eigenvalue weighted by molar-refractivity contribution is 8.13. The molecule has 4 rings (SSSR count). The summed E-state index contributed by atoms with van der Waals surface area (Å²) < 4.78 is 24.3. The molecule has 0 radical (unpaired) electrons. The number of aliphatic imine (C=N–C) groups is 1. The van der Waals surface area contributed by atoms with E-state index in [-0.39, 0.29) is 29.4 Å². The summed E-state index contributed by atoms with van der Waals surface area (Å²) >= 11 is 1.61. The molecule has 0 aromatic heterocycles. The predicted octanol–water partition coefficient (Wildman–Crippen LogP) is 3.16. The standard InChI is InChI=1S/C20H20N2O3S2/c1-14(23)16-8-5-9-17(10-16)22-19-13-27(24,25)12-18(19)21-20(22)26-11-15-6-3-2-4-7-15/h2-10,18-19H,11-13H2,1H3/t18-,19+/m1/s1. The Labute approximate surface area is 163 Å². The Morgan fingerprint density at radius 1 is 1.15 bits per heavy atom. The van der Waals surface area contributed by atoms with Crippen molar-refractivity contribution in [3.05, 3.63) is 65.7 Å². The fourth-order valence-corrected chi connectivity index (χ4v) is 6.45. The smallest absolute Gasteiger partial charge is 0.164 e. The van der Waals surface area contributed by atoms with Gasteiger partial charge in [-0.3, -0.25) is 9.79 Å². The Balaban J connectivity index is 1.65. The van der Waals surface area contributed by atoms with E-state index in [0.717, 1.165) is 16.6 Å². The SMILES string of the molecule is CC(=O)c1cccc(N2C(SCc3ccccc3)=N[C@@H]3CS(=O)(=O)C[C@@H]32)c1. The van der Waals surface area contributed by atoms with Crippen LogP contribution in [0.15, 0.2) is 59.6 Å². The van der Waals surface area contributed by atoms with Crippen molar-refractivity contribution in [2.45, 2.75) is 24.8 Å². The second-order valence-electron chi connectivity index (χ2n) is 6.87. The van der Waals surface area contributed by atoms with E-state index in [2.05, 4.69) is 12.1 Å². The first-order valence-electron chi connectivity index (χ1n) is 8.78. The van der Waals surface area contributed by atoms with E-state index in [1.54, 1.807) is 17.8 Å². The van der Waals surface area contributed by atoms with Crippen molar-refractivity contribution in [1.29, 1.82) is 0 Å². The molecule has 2 aromatic rings. The van der Waals surface area contributed by atoms with Crippen molar-refractivity contribution >= 4 is 38.2 Å². The van der Waals surface area contributed by atoms with Gasteiger partial charge in [-0.15, -0.1) is 0 Å². The minimum atomic E-state index is -3.09. The molecule has 1 saturated heterocycles. The molecular weight excluding hydrogens is 380 g/mol. The maximum Gasteiger partial charge on any atom is 0.164 e. The number of hydrogen-bond acceptors (Lipinski definition) is 6. The van der Waals surface area contributed by atoms with Gasteiger partial charge in [0.25, 0.3) is 0 Å². The molecule has 27 heavy (non-hydrogen) atoms. The van der Waals surface area contributed by atoms with Gasteiger partial charge in [-0.25, -0.2) is 8.42 Å². The van der Waals surface area contributed by atoms with Crippen LogP contribution in [0.3, 0.4) is 0 Å². The number of anilines is 1. The number of thioether (sulfide) groups is 1. The topological polar surface area (TPSA) is 66.8 Å². The maximum absolute atomic E-state index is 12.1. The van der Waals surface area contributed by atoms with Crippen molar-refractivity contribution in [3.8, 4) is 0 Å². The summed E-state index contributed by atoms with van der Waals surface area (Å²) in [6.07, 6.45) is 0. The lowest BCUT2D eigenvalue weighted by Crippen LogP contribution is -2.39. The molecule has 0 saturated carbocycles. The first kappa shape index (κ1) is 18.3. The van der Waals surface area contributed by atoms with Crippen molar-refractivity contribution < 1.29 is 13.2 Å². The molecule has 0 N–H and O–H groups in total. The van der Waals surface area contributed by atoms with Gasteiger partial charge < -0.3 is 4.90 Å². The summed E-state index contributed by atoms with van der Waals surface area (Å²) in [5, 5.41) is 0.824. The van der Waals surface area contributed by atoms with Crippen molar-refractivity contribution in [3.63, 3.8) is 0 Å². The summed E-state index contributed by atoms with van der Waals surface area (Å²) in [6.45, 7) is 1.53. The van der Waals surface area contributed by atoms with Crippen LogP contribution in [0, 0.1) is 0 Å². The minimum Gasteiger partial charge on any atom is -0.315 e. The van der Waals surface area contributed by atoms with Crippen LogP contribution >= 0.6 is 11.8 Å². The number of hydrogen-bond donors (Lipinski definition) is 0. The number of Topliss-reactive ketones (excluding diaryl/α,β-unsaturated/α-hetero) is 1. The number of sulfone groups is 1. The highest BCUT2D eigenvalue weighted by atomic mass is 32.2. The summed E-state index contributed by atoms with van der Waals surface area (Å²) in [5.74, 6) is 0.938. The molecule has 0 unspecified atom stereocenters. The number of rotatable bonds is 4. The van der Waals surface area contributed by atoms with Gasteiger partial charge in [0, 0.05) is 17.0 Å². The molecule has 0 amide bonds. The number of carbonyl (C=O) groups is 1. The molecule has 140 valence electrons. The molecule has 0 aliphatic carbocycles. The molecule has 2 atom stereocenters. The van der Waals surface area contributed by atoms with Crippen molar-refractivity contribution in [2.24, 2.45) is 4.99 Å². The summed E-state index contributed by atoms with van der Waals surface area (Å²) in [4.78, 5) is 18.5. The normalized spacial score (nSPS) is 23.1. The van der Waals surface area contributed by atoms with E-state index >= 15 is 0 Å². The summed E-state index contributed by atoms with van der Waals surface area (Å²) in [6, 6.07) is 17.0. The van der Waals surface area contributed by atoms with E-state index in [9.17, 15) is 13.2 Å². The summed E-state index contributed by atoms with van der Waals surface area (Å²) in [7, 11) is -3.09. The van der Waals surface area contributed by atoms with Crippen LogP contribution in [0.2, 0.25) is 0 Å². The van der Waals surface area contributed by atoms with Gasteiger partial charge in [0.15, 0.2) is 20.8 Å². The lowest BCUT2D eigenvalue weighted by Gasteiger charge is -2.26. The van der Waals surface area contributed by atoms with Gasteiger partial charge in [-0.1, -0.05) is 54.2 Å². The van der Waals surface area contributed by atoms with Crippen LogP contribution in [-0.2, 0) is 15.6 Å². The van der Waals surface area contributed by atoms with Crippen LogP contribution in [0.4, 0.5) is 5.69 Å². The van der Waals surface area contributed by atoms with Crippen LogP contribution in [-0.4, -0.2) is 43.0 Å². The molecule has 0 bridgehead atoms. The monoisotopic (exact) mass is 400 g/mol. The zero-order valence-electron chi connectivity index (χ0n) is 14.9. The van der Waals surface area contributed by atoms with Gasteiger partial charge in [-0.2, -0.15) is 0 Å². The third-order valence-electron chi connectivity index (χ3n) is 4.85. The molecule has 2 heterocycles. The summed E-state index contributed by atoms with van der Waals surface area (Å²) in [5.41, 5.74) is 2.63. The number of amidine groups is 1. The fourth-order valence-electron chi connectivity index (χ4n) is 3.53. The molecule has 2 aliphatic rings. The molecule has 7 heteroatoms. The molecule has 0 spiro atoms. The van der Waals surface area contributed by atoms with Gasteiger partial charge in [0.2, 0.25) is 0 Å². The van der Waals surface area contributed by atoms with E-state index < -0.39 is 9.84 Å². The third-order valence-corrected chi connectivity index (χ3v) is 7.59. The van der Waals surface area contributed by atoms with Gasteiger partial charge in [0.05, 0.1) is 23.6 Å². The van der Waals surface area contributed by atoms with Gasteiger partial charge in [-0.05, 0) is 24.6 Å². The first-order valence-corrected chi connectivity index (χ1v) is 11.6. The zero-order chi connectivity index (χ0) is 19.0. The maximum atomic E-state index is 12.1. The first-order chi connectivity index (χ1) is 12.9. The van der Waals surface area contributed by atoms with Crippen LogP contribution in [0.25, 0.3) is 0 Å². The Bertz CT molecular complexity index is 1000. The Hall–Kier alpha value is -2.12. The average Bonchev–Trinajstić information content (AvgIpc) is 3.12. The highest BCUT2D eigenvalue weighted by Gasteiger charge is 2.47. The van der Waals surface area contributed by atoms with Gasteiger partial charge in [0.1, 0.15) is 0 Å². The van der Waals surface area contributed by atoms with Gasteiger partial charge >= 0.3 is 0 Å². The Kier molecular flexibility index (Phi) is 4.82. The molecule has 1 fully saturated rings.